The lowest BCUT2D eigenvalue weighted by Crippen LogP contribution is -2.46. The average Bonchev–Trinajstić information content (AvgIpc) is 2.97. The number of aromatic nitrogens is 1. The van der Waals surface area contributed by atoms with E-state index < -0.39 is 17.8 Å². The molecule has 1 fully saturated rings. The van der Waals surface area contributed by atoms with Crippen molar-refractivity contribution in [2.45, 2.75) is 19.1 Å². The van der Waals surface area contributed by atoms with Crippen molar-refractivity contribution in [2.75, 3.05) is 22.9 Å². The molecule has 2 aromatic rings. The monoisotopic (exact) mass is 376 g/mol. The number of hydrogen-bond acceptors (Lipinski definition) is 4. The van der Waals surface area contributed by atoms with Gasteiger partial charge in [-0.15, -0.1) is 0 Å². The van der Waals surface area contributed by atoms with Crippen LogP contribution in [0.25, 0.3) is 0 Å². The molecule has 0 spiro atoms. The molecule has 2 aliphatic rings. The van der Waals surface area contributed by atoms with E-state index in [9.17, 15) is 22.8 Å². The summed E-state index contributed by atoms with van der Waals surface area (Å²) < 4.78 is 38.5. The van der Waals surface area contributed by atoms with Crippen LogP contribution >= 0.6 is 0 Å². The van der Waals surface area contributed by atoms with Crippen molar-refractivity contribution in [3.63, 3.8) is 0 Å². The first-order valence-electron chi connectivity index (χ1n) is 8.28. The molecule has 0 radical (unpaired) electrons. The largest absolute Gasteiger partial charge is 0.416 e. The fourth-order valence-corrected chi connectivity index (χ4v) is 3.49. The van der Waals surface area contributed by atoms with E-state index in [1.54, 1.807) is 12.1 Å². The van der Waals surface area contributed by atoms with E-state index >= 15 is 0 Å². The van der Waals surface area contributed by atoms with E-state index in [0.29, 0.717) is 23.7 Å². The predicted molar refractivity (Wildman–Crippen MR) is 91.7 cm³/mol. The Labute approximate surface area is 152 Å². The number of anilines is 3. The molecular weight excluding hydrogens is 361 g/mol. The van der Waals surface area contributed by atoms with Crippen LogP contribution in [0.2, 0.25) is 0 Å². The maximum atomic E-state index is 12.8. The zero-order valence-corrected chi connectivity index (χ0v) is 14.3. The van der Waals surface area contributed by atoms with E-state index in [0.717, 1.165) is 17.0 Å². The lowest BCUT2D eigenvalue weighted by atomic mass is 10.1. The second-order valence-electron chi connectivity index (χ2n) is 6.44. The number of carbonyl (C=O) groups is 2. The molecule has 2 aliphatic heterocycles. The van der Waals surface area contributed by atoms with E-state index in [2.05, 4.69) is 4.98 Å². The van der Waals surface area contributed by atoms with Crippen molar-refractivity contribution in [3.8, 4) is 0 Å². The molecule has 1 atom stereocenters. The third kappa shape index (κ3) is 2.79. The summed E-state index contributed by atoms with van der Waals surface area (Å²) in [6.45, 7) is 1.88. The van der Waals surface area contributed by atoms with E-state index in [1.807, 2.05) is 4.90 Å². The van der Waals surface area contributed by atoms with E-state index in [1.165, 1.54) is 30.2 Å². The Bertz CT molecular complexity index is 914. The highest BCUT2D eigenvalue weighted by atomic mass is 19.4. The SMILES string of the molecule is CC(=O)N1CC2CN(c3ccc(C(F)(F)F)cc3)c3cccnc3N2C1=O. The number of carbonyl (C=O) groups excluding carboxylic acids is 2. The van der Waals surface area contributed by atoms with Gasteiger partial charge in [0.15, 0.2) is 5.82 Å². The van der Waals surface area contributed by atoms with Crippen LogP contribution in [-0.4, -0.2) is 41.0 Å². The van der Waals surface area contributed by atoms with E-state index in [-0.39, 0.29) is 18.5 Å². The summed E-state index contributed by atoms with van der Waals surface area (Å²) in [7, 11) is 0. The number of urea groups is 1. The smallest absolute Gasteiger partial charge is 0.336 e. The Balaban J connectivity index is 1.74. The average molecular weight is 376 g/mol. The summed E-state index contributed by atoms with van der Waals surface area (Å²) in [5.74, 6) is 0.0374. The zero-order valence-electron chi connectivity index (χ0n) is 14.3. The molecule has 0 aliphatic carbocycles. The van der Waals surface area contributed by atoms with Gasteiger partial charge in [-0.3, -0.25) is 14.6 Å². The molecule has 3 amide bonds. The summed E-state index contributed by atoms with van der Waals surface area (Å²) in [6, 6.07) is 7.53. The second kappa shape index (κ2) is 5.97. The normalized spacial score (nSPS) is 19.2. The van der Waals surface area contributed by atoms with Gasteiger partial charge in [0.2, 0.25) is 5.91 Å². The van der Waals surface area contributed by atoms with Crippen molar-refractivity contribution < 1.29 is 22.8 Å². The molecule has 6 nitrogen and oxygen atoms in total. The van der Waals surface area contributed by atoms with Gasteiger partial charge >= 0.3 is 12.2 Å². The molecule has 0 N–H and O–H groups in total. The number of imide groups is 1. The number of benzene rings is 1. The number of fused-ring (bicyclic) bond motifs is 3. The van der Waals surface area contributed by atoms with Gasteiger partial charge in [-0.25, -0.2) is 9.78 Å². The first-order valence-corrected chi connectivity index (χ1v) is 8.28. The first kappa shape index (κ1) is 17.3. The number of amides is 3. The number of rotatable bonds is 1. The van der Waals surface area contributed by atoms with Crippen LogP contribution in [0.1, 0.15) is 12.5 Å². The van der Waals surface area contributed by atoms with Crippen LogP contribution in [0.5, 0.6) is 0 Å². The lowest BCUT2D eigenvalue weighted by molar-refractivity contribution is -0.137. The van der Waals surface area contributed by atoms with Crippen LogP contribution in [0.4, 0.5) is 35.2 Å². The van der Waals surface area contributed by atoms with Crippen molar-refractivity contribution >= 4 is 29.1 Å². The van der Waals surface area contributed by atoms with Gasteiger partial charge in [0.1, 0.15) is 0 Å². The molecule has 1 saturated heterocycles. The topological polar surface area (TPSA) is 56.8 Å². The molecule has 4 rings (SSSR count). The van der Waals surface area contributed by atoms with Crippen molar-refractivity contribution in [1.82, 2.24) is 9.88 Å². The van der Waals surface area contributed by atoms with Crippen LogP contribution in [0.15, 0.2) is 42.6 Å². The molecular formula is C18H15F3N4O2. The summed E-state index contributed by atoms with van der Waals surface area (Å²) in [5.41, 5.74) is 0.438. The van der Waals surface area contributed by atoms with Crippen LogP contribution < -0.4 is 9.80 Å². The highest BCUT2D eigenvalue weighted by molar-refractivity contribution is 6.06. The third-order valence-corrected chi connectivity index (χ3v) is 4.76. The van der Waals surface area contributed by atoms with Gasteiger partial charge in [0.05, 0.1) is 23.8 Å². The Morgan fingerprint density at radius 3 is 2.48 bits per heavy atom. The molecule has 9 heteroatoms. The van der Waals surface area contributed by atoms with E-state index in [4.69, 9.17) is 0 Å². The minimum absolute atomic E-state index is 0.210. The number of nitrogens with zero attached hydrogens (tertiary/aromatic N) is 4. The van der Waals surface area contributed by atoms with Gasteiger partial charge in [0.25, 0.3) is 0 Å². The highest BCUT2D eigenvalue weighted by Crippen LogP contribution is 2.41. The zero-order chi connectivity index (χ0) is 19.3. The highest BCUT2D eigenvalue weighted by Gasteiger charge is 2.46. The van der Waals surface area contributed by atoms with Crippen LogP contribution in [0.3, 0.4) is 0 Å². The summed E-state index contributed by atoms with van der Waals surface area (Å²) in [6.07, 6.45) is -2.87. The summed E-state index contributed by atoms with van der Waals surface area (Å²) >= 11 is 0. The van der Waals surface area contributed by atoms with Crippen molar-refractivity contribution in [1.29, 1.82) is 0 Å². The van der Waals surface area contributed by atoms with Crippen molar-refractivity contribution in [2.24, 2.45) is 0 Å². The molecule has 0 bridgehead atoms. The molecule has 1 aromatic carbocycles. The van der Waals surface area contributed by atoms with Gasteiger partial charge in [-0.2, -0.15) is 13.2 Å². The molecule has 0 saturated carbocycles. The molecule has 3 heterocycles. The standard InChI is InChI=1S/C18H15F3N4O2/c1-11(26)23-9-14-10-24(13-6-4-12(5-7-13)18(19,20)21)15-3-2-8-22-16(15)25(14)17(23)27/h2-8,14H,9-10H2,1H3. The van der Waals surface area contributed by atoms with Gasteiger partial charge in [-0.1, -0.05) is 0 Å². The van der Waals surface area contributed by atoms with Crippen LogP contribution in [-0.2, 0) is 11.0 Å². The fourth-order valence-electron chi connectivity index (χ4n) is 3.49. The Morgan fingerprint density at radius 1 is 1.15 bits per heavy atom. The Hall–Kier alpha value is -3.10. The molecule has 1 unspecified atom stereocenters. The number of alkyl halides is 3. The van der Waals surface area contributed by atoms with Gasteiger partial charge in [0, 0.05) is 25.4 Å². The fraction of sp³-hybridized carbons (Fsp3) is 0.278. The summed E-state index contributed by atoms with van der Waals surface area (Å²) in [5, 5.41) is 0. The molecule has 140 valence electrons. The number of hydrogen-bond donors (Lipinski definition) is 0. The second-order valence-corrected chi connectivity index (χ2v) is 6.44. The van der Waals surface area contributed by atoms with Crippen molar-refractivity contribution in [3.05, 3.63) is 48.2 Å². The van der Waals surface area contributed by atoms with Gasteiger partial charge < -0.3 is 4.90 Å². The third-order valence-electron chi connectivity index (χ3n) is 4.76. The maximum Gasteiger partial charge on any atom is 0.416 e. The van der Waals surface area contributed by atoms with Gasteiger partial charge in [-0.05, 0) is 36.4 Å². The minimum atomic E-state index is -4.41. The molecule has 27 heavy (non-hydrogen) atoms. The lowest BCUT2D eigenvalue weighted by Gasteiger charge is -2.38. The number of pyridine rings is 1. The summed E-state index contributed by atoms with van der Waals surface area (Å²) in [4.78, 5) is 33.1. The Morgan fingerprint density at radius 2 is 1.85 bits per heavy atom. The quantitative estimate of drug-likeness (QED) is 0.766. The van der Waals surface area contributed by atoms with Crippen LogP contribution in [0, 0.1) is 0 Å². The predicted octanol–water partition coefficient (Wildman–Crippen LogP) is 3.41. The minimum Gasteiger partial charge on any atom is -0.336 e. The first-order chi connectivity index (χ1) is 12.8. The number of halogens is 3. The Kier molecular flexibility index (Phi) is 3.83. The maximum absolute atomic E-state index is 12.8. The molecule has 1 aromatic heterocycles.